The molecule has 1 aliphatic heterocycles. The lowest BCUT2D eigenvalue weighted by Crippen LogP contribution is -2.51. The minimum absolute atomic E-state index is 0.120. The van der Waals surface area contributed by atoms with Crippen molar-refractivity contribution in [2.24, 2.45) is 0 Å². The molecule has 2 heterocycles. The Morgan fingerprint density at radius 2 is 2.17 bits per heavy atom. The van der Waals surface area contributed by atoms with Crippen molar-refractivity contribution in [3.05, 3.63) is 45.9 Å². The average molecular weight is 366 g/mol. The van der Waals surface area contributed by atoms with E-state index in [-0.39, 0.29) is 5.91 Å². The molecule has 1 fully saturated rings. The van der Waals surface area contributed by atoms with Gasteiger partial charge in [-0.25, -0.2) is 4.98 Å². The number of thiazole rings is 1. The molecule has 128 valence electrons. The Labute approximate surface area is 150 Å². The molecule has 3 rings (SSSR count). The Morgan fingerprint density at radius 3 is 2.88 bits per heavy atom. The van der Waals surface area contributed by atoms with E-state index >= 15 is 0 Å². The summed E-state index contributed by atoms with van der Waals surface area (Å²) in [7, 11) is 1.59. The summed E-state index contributed by atoms with van der Waals surface area (Å²) in [6.45, 7) is 1.55. The molecule has 2 N–H and O–H groups in total. The number of hydrogen-bond acceptors (Lipinski definition) is 5. The van der Waals surface area contributed by atoms with Crippen molar-refractivity contribution in [1.82, 2.24) is 10.3 Å². The highest BCUT2D eigenvalue weighted by Gasteiger charge is 2.40. The summed E-state index contributed by atoms with van der Waals surface area (Å²) in [5, 5.41) is 7.49. The Kier molecular flexibility index (Phi) is 5.50. The van der Waals surface area contributed by atoms with Crippen molar-refractivity contribution in [2.45, 2.75) is 24.9 Å². The van der Waals surface area contributed by atoms with E-state index in [1.807, 2.05) is 24.3 Å². The van der Waals surface area contributed by atoms with Gasteiger partial charge < -0.3 is 10.1 Å². The van der Waals surface area contributed by atoms with E-state index in [0.29, 0.717) is 24.4 Å². The lowest BCUT2D eigenvalue weighted by molar-refractivity contribution is -0.140. The number of aromatic nitrogens is 1. The first-order valence-electron chi connectivity index (χ1n) is 7.88. The molecular formula is C17H20ClN3O2S. The Morgan fingerprint density at radius 1 is 1.42 bits per heavy atom. The normalized spacial score (nSPS) is 16.8. The third kappa shape index (κ3) is 3.78. The fourth-order valence-corrected chi connectivity index (χ4v) is 3.88. The molecule has 0 spiro atoms. The number of rotatable bonds is 5. The molecule has 5 nitrogen and oxygen atoms in total. The van der Waals surface area contributed by atoms with Crippen molar-refractivity contribution < 1.29 is 9.53 Å². The first kappa shape index (κ1) is 17.4. The minimum Gasteiger partial charge on any atom is -0.368 e. The van der Waals surface area contributed by atoms with Crippen LogP contribution in [-0.4, -0.2) is 36.7 Å². The summed E-state index contributed by atoms with van der Waals surface area (Å²) < 4.78 is 5.54. The number of nitrogens with one attached hydrogen (secondary N) is 2. The van der Waals surface area contributed by atoms with E-state index in [9.17, 15) is 4.79 Å². The molecule has 0 bridgehead atoms. The number of piperidine rings is 1. The number of benzene rings is 1. The number of amides is 1. The monoisotopic (exact) mass is 365 g/mol. The van der Waals surface area contributed by atoms with Gasteiger partial charge in [-0.1, -0.05) is 29.8 Å². The summed E-state index contributed by atoms with van der Waals surface area (Å²) in [5.41, 5.74) is 0.284. The van der Waals surface area contributed by atoms with Crippen LogP contribution in [0.15, 0.2) is 30.5 Å². The molecule has 1 aromatic heterocycles. The van der Waals surface area contributed by atoms with Gasteiger partial charge in [0.25, 0.3) is 5.91 Å². The first-order valence-corrected chi connectivity index (χ1v) is 9.08. The smallest absolute Gasteiger partial charge is 0.258 e. The van der Waals surface area contributed by atoms with Crippen LogP contribution in [-0.2, 0) is 16.0 Å². The molecule has 1 saturated heterocycles. The molecule has 1 aliphatic rings. The second kappa shape index (κ2) is 7.61. The van der Waals surface area contributed by atoms with Gasteiger partial charge in [0.15, 0.2) is 5.13 Å². The molecule has 24 heavy (non-hydrogen) atoms. The van der Waals surface area contributed by atoms with Crippen LogP contribution in [0.1, 0.15) is 23.3 Å². The van der Waals surface area contributed by atoms with Gasteiger partial charge in [-0.15, -0.1) is 11.3 Å². The standard InChI is InChI=1S/C17H20ClN3O2S/c1-23-17(6-8-19-9-7-17)15(22)21-16-20-11-13(24-16)10-12-4-2-3-5-14(12)18/h2-5,11,19H,6-10H2,1H3,(H,20,21,22). The fraction of sp³-hybridized carbons (Fsp3) is 0.412. The van der Waals surface area contributed by atoms with E-state index in [1.54, 1.807) is 13.3 Å². The van der Waals surface area contributed by atoms with Gasteiger partial charge in [-0.2, -0.15) is 0 Å². The van der Waals surface area contributed by atoms with Crippen LogP contribution >= 0.6 is 22.9 Å². The van der Waals surface area contributed by atoms with Crippen LogP contribution < -0.4 is 10.6 Å². The predicted octanol–water partition coefficient (Wildman–Crippen LogP) is 3.09. The lowest BCUT2D eigenvalue weighted by Gasteiger charge is -2.34. The zero-order valence-corrected chi connectivity index (χ0v) is 15.0. The zero-order chi connectivity index (χ0) is 17.0. The zero-order valence-electron chi connectivity index (χ0n) is 13.5. The van der Waals surface area contributed by atoms with Crippen molar-refractivity contribution in [1.29, 1.82) is 0 Å². The average Bonchev–Trinajstić information content (AvgIpc) is 3.04. The number of hydrogen-bond donors (Lipinski definition) is 2. The van der Waals surface area contributed by atoms with Gasteiger partial charge in [-0.05, 0) is 37.6 Å². The minimum atomic E-state index is -0.764. The summed E-state index contributed by atoms with van der Waals surface area (Å²) in [6.07, 6.45) is 3.80. The Hall–Kier alpha value is -1.47. The fourth-order valence-electron chi connectivity index (χ4n) is 2.84. The van der Waals surface area contributed by atoms with Gasteiger partial charge in [0.1, 0.15) is 5.60 Å². The van der Waals surface area contributed by atoms with E-state index in [1.165, 1.54) is 11.3 Å². The SMILES string of the molecule is COC1(C(=O)Nc2ncc(Cc3ccccc3Cl)s2)CCNCC1. The maximum absolute atomic E-state index is 12.6. The molecule has 0 atom stereocenters. The number of halogens is 1. The van der Waals surface area contributed by atoms with Crippen molar-refractivity contribution in [3.8, 4) is 0 Å². The molecule has 2 aromatic rings. The highest BCUT2D eigenvalue weighted by Crippen LogP contribution is 2.28. The van der Waals surface area contributed by atoms with E-state index < -0.39 is 5.60 Å². The third-order valence-electron chi connectivity index (χ3n) is 4.31. The highest BCUT2D eigenvalue weighted by molar-refractivity contribution is 7.15. The Balaban J connectivity index is 1.67. The second-order valence-electron chi connectivity index (χ2n) is 5.80. The molecule has 1 amide bonds. The number of ether oxygens (including phenoxy) is 1. The van der Waals surface area contributed by atoms with E-state index in [2.05, 4.69) is 15.6 Å². The topological polar surface area (TPSA) is 63.2 Å². The summed E-state index contributed by atoms with van der Waals surface area (Å²) in [6, 6.07) is 7.74. The lowest BCUT2D eigenvalue weighted by atomic mass is 9.91. The number of anilines is 1. The molecule has 0 unspecified atom stereocenters. The molecule has 0 saturated carbocycles. The summed E-state index contributed by atoms with van der Waals surface area (Å²) in [4.78, 5) is 18.0. The van der Waals surface area contributed by atoms with Crippen molar-refractivity contribution >= 4 is 34.0 Å². The summed E-state index contributed by atoms with van der Waals surface area (Å²) in [5.74, 6) is -0.120. The van der Waals surface area contributed by atoms with Gasteiger partial charge >= 0.3 is 0 Å². The maximum atomic E-state index is 12.6. The van der Waals surface area contributed by atoms with Gasteiger partial charge in [0, 0.05) is 29.6 Å². The quantitative estimate of drug-likeness (QED) is 0.854. The van der Waals surface area contributed by atoms with Gasteiger partial charge in [0.2, 0.25) is 0 Å². The highest BCUT2D eigenvalue weighted by atomic mass is 35.5. The molecule has 7 heteroatoms. The van der Waals surface area contributed by atoms with E-state index in [4.69, 9.17) is 16.3 Å². The molecular weight excluding hydrogens is 346 g/mol. The largest absolute Gasteiger partial charge is 0.368 e. The number of nitrogens with zero attached hydrogens (tertiary/aromatic N) is 1. The van der Waals surface area contributed by atoms with Gasteiger partial charge in [0.05, 0.1) is 0 Å². The number of carbonyl (C=O) groups excluding carboxylic acids is 1. The first-order chi connectivity index (χ1) is 11.6. The summed E-state index contributed by atoms with van der Waals surface area (Å²) >= 11 is 7.66. The van der Waals surface area contributed by atoms with Crippen LogP contribution in [0.25, 0.3) is 0 Å². The van der Waals surface area contributed by atoms with E-state index in [0.717, 1.165) is 28.6 Å². The number of methoxy groups -OCH3 is 1. The van der Waals surface area contributed by atoms with Crippen molar-refractivity contribution in [2.75, 3.05) is 25.5 Å². The second-order valence-corrected chi connectivity index (χ2v) is 7.32. The van der Waals surface area contributed by atoms with Crippen LogP contribution in [0.5, 0.6) is 0 Å². The third-order valence-corrected chi connectivity index (χ3v) is 5.59. The van der Waals surface area contributed by atoms with Crippen LogP contribution in [0, 0.1) is 0 Å². The van der Waals surface area contributed by atoms with Crippen LogP contribution in [0.3, 0.4) is 0 Å². The molecule has 0 radical (unpaired) electrons. The maximum Gasteiger partial charge on any atom is 0.258 e. The van der Waals surface area contributed by atoms with Crippen molar-refractivity contribution in [3.63, 3.8) is 0 Å². The Bertz CT molecular complexity index is 713. The predicted molar refractivity (Wildman–Crippen MR) is 96.8 cm³/mol. The molecule has 1 aromatic carbocycles. The number of carbonyl (C=O) groups is 1. The molecule has 0 aliphatic carbocycles. The van der Waals surface area contributed by atoms with Crippen LogP contribution in [0.4, 0.5) is 5.13 Å². The van der Waals surface area contributed by atoms with Gasteiger partial charge in [-0.3, -0.25) is 10.1 Å². The van der Waals surface area contributed by atoms with Crippen LogP contribution in [0.2, 0.25) is 5.02 Å².